The first-order chi connectivity index (χ1) is 15.6. The van der Waals surface area contributed by atoms with E-state index in [1.54, 1.807) is 12.3 Å². The quantitative estimate of drug-likeness (QED) is 0.597. The molecule has 32 heavy (non-hydrogen) atoms. The van der Waals surface area contributed by atoms with Crippen LogP contribution in [0.25, 0.3) is 0 Å². The molecule has 2 atom stereocenters. The van der Waals surface area contributed by atoms with Crippen molar-refractivity contribution in [3.8, 4) is 0 Å². The lowest BCUT2D eigenvalue weighted by molar-refractivity contribution is 0.0700. The van der Waals surface area contributed by atoms with Gasteiger partial charge in [0.2, 0.25) is 0 Å². The molecule has 2 aromatic heterocycles. The minimum Gasteiger partial charge on any atom is -0.342 e. The van der Waals surface area contributed by atoms with Crippen LogP contribution in [-0.2, 0) is 19.4 Å². The third-order valence-corrected chi connectivity index (χ3v) is 7.05. The van der Waals surface area contributed by atoms with Crippen LogP contribution < -0.4 is 5.43 Å². The number of hydrogen-bond acceptors (Lipinski definition) is 3. The van der Waals surface area contributed by atoms with E-state index in [-0.39, 0.29) is 11.3 Å². The van der Waals surface area contributed by atoms with E-state index in [1.165, 1.54) is 12.0 Å². The van der Waals surface area contributed by atoms with Gasteiger partial charge in [0.05, 0.1) is 12.2 Å². The van der Waals surface area contributed by atoms with Gasteiger partial charge in [0.1, 0.15) is 5.56 Å². The molecular weight excluding hydrogens is 398 g/mol. The molecular formula is C27H29N3O2. The van der Waals surface area contributed by atoms with Crippen LogP contribution in [0.3, 0.4) is 0 Å². The highest BCUT2D eigenvalue weighted by molar-refractivity contribution is 5.95. The van der Waals surface area contributed by atoms with E-state index in [0.29, 0.717) is 30.5 Å². The summed E-state index contributed by atoms with van der Waals surface area (Å²) in [5, 5.41) is 0. The van der Waals surface area contributed by atoms with Crippen molar-refractivity contribution in [2.75, 3.05) is 6.54 Å². The zero-order chi connectivity index (χ0) is 22.1. The van der Waals surface area contributed by atoms with Crippen molar-refractivity contribution in [2.24, 2.45) is 5.92 Å². The lowest BCUT2D eigenvalue weighted by atomic mass is 10.0. The fourth-order valence-corrected chi connectivity index (χ4v) is 5.42. The Morgan fingerprint density at radius 2 is 1.88 bits per heavy atom. The average molecular weight is 428 g/mol. The number of piperidine rings is 1. The van der Waals surface area contributed by atoms with E-state index in [9.17, 15) is 9.59 Å². The number of carbonyl (C=O) groups is 1. The summed E-state index contributed by atoms with van der Waals surface area (Å²) in [5.41, 5.74) is 4.01. The van der Waals surface area contributed by atoms with Gasteiger partial charge in [-0.3, -0.25) is 14.6 Å². The van der Waals surface area contributed by atoms with Crippen molar-refractivity contribution in [2.45, 2.75) is 51.6 Å². The summed E-state index contributed by atoms with van der Waals surface area (Å²) in [7, 11) is 0. The predicted octanol–water partition coefficient (Wildman–Crippen LogP) is 4.01. The first kappa shape index (κ1) is 20.7. The number of rotatable bonds is 6. The van der Waals surface area contributed by atoms with Gasteiger partial charge < -0.3 is 9.47 Å². The predicted molar refractivity (Wildman–Crippen MR) is 125 cm³/mol. The van der Waals surface area contributed by atoms with Crippen LogP contribution in [0.4, 0.5) is 0 Å². The molecule has 5 heteroatoms. The van der Waals surface area contributed by atoms with Gasteiger partial charge in [-0.2, -0.15) is 0 Å². The molecule has 1 amide bonds. The van der Waals surface area contributed by atoms with Crippen LogP contribution >= 0.6 is 0 Å². The molecule has 2 fully saturated rings. The number of amides is 1. The summed E-state index contributed by atoms with van der Waals surface area (Å²) >= 11 is 0. The normalized spacial score (nSPS) is 19.5. The summed E-state index contributed by atoms with van der Waals surface area (Å²) in [6.07, 6.45) is 6.54. The third-order valence-electron chi connectivity index (χ3n) is 7.05. The van der Waals surface area contributed by atoms with Gasteiger partial charge in [-0.05, 0) is 62.6 Å². The fourth-order valence-electron chi connectivity index (χ4n) is 5.42. The Balaban J connectivity index is 1.56. The highest BCUT2D eigenvalue weighted by Gasteiger charge is 2.41. The number of aryl methyl sites for hydroxylation is 2. The van der Waals surface area contributed by atoms with Gasteiger partial charge in [0.15, 0.2) is 5.43 Å². The molecule has 0 N–H and O–H groups in total. The number of hydrogen-bond donors (Lipinski definition) is 0. The Morgan fingerprint density at radius 1 is 1.06 bits per heavy atom. The van der Waals surface area contributed by atoms with Crippen LogP contribution in [-0.4, -0.2) is 32.9 Å². The van der Waals surface area contributed by atoms with Crippen molar-refractivity contribution < 1.29 is 4.79 Å². The molecule has 5 nitrogen and oxygen atoms in total. The number of likely N-dealkylation sites (tertiary alicyclic amines) is 1. The van der Waals surface area contributed by atoms with Crippen LogP contribution in [0.15, 0.2) is 65.6 Å². The van der Waals surface area contributed by atoms with Crippen molar-refractivity contribution in [3.05, 3.63) is 99.2 Å². The van der Waals surface area contributed by atoms with E-state index in [1.807, 2.05) is 48.2 Å². The van der Waals surface area contributed by atoms with Crippen molar-refractivity contribution in [3.63, 3.8) is 0 Å². The van der Waals surface area contributed by atoms with Crippen LogP contribution in [0, 0.1) is 12.8 Å². The van der Waals surface area contributed by atoms with Crippen LogP contribution in [0.5, 0.6) is 0 Å². The minimum absolute atomic E-state index is 0.0833. The lowest BCUT2D eigenvalue weighted by Crippen LogP contribution is -2.41. The van der Waals surface area contributed by atoms with Gasteiger partial charge in [-0.1, -0.05) is 36.4 Å². The van der Waals surface area contributed by atoms with Crippen molar-refractivity contribution in [1.82, 2.24) is 14.5 Å². The molecule has 5 rings (SSSR count). The highest BCUT2D eigenvalue weighted by atomic mass is 16.2. The van der Waals surface area contributed by atoms with Gasteiger partial charge in [0.25, 0.3) is 5.91 Å². The Bertz CT molecular complexity index is 1170. The Kier molecular flexibility index (Phi) is 5.64. The van der Waals surface area contributed by atoms with Gasteiger partial charge >= 0.3 is 0 Å². The summed E-state index contributed by atoms with van der Waals surface area (Å²) < 4.78 is 2.12. The van der Waals surface area contributed by atoms with E-state index in [2.05, 4.69) is 21.7 Å². The molecule has 1 saturated heterocycles. The highest BCUT2D eigenvalue weighted by Crippen LogP contribution is 2.38. The number of fused-ring (bicyclic) bond motifs is 2. The van der Waals surface area contributed by atoms with Crippen LogP contribution in [0.2, 0.25) is 0 Å². The van der Waals surface area contributed by atoms with Crippen molar-refractivity contribution in [1.29, 1.82) is 0 Å². The molecule has 0 spiro atoms. The molecule has 3 aromatic rings. The second-order valence-corrected chi connectivity index (χ2v) is 9.15. The maximum Gasteiger partial charge on any atom is 0.259 e. The molecule has 1 aromatic carbocycles. The fraction of sp³-hybridized carbons (Fsp3) is 0.370. The molecule has 0 radical (unpaired) electrons. The van der Waals surface area contributed by atoms with E-state index in [4.69, 9.17) is 0 Å². The largest absolute Gasteiger partial charge is 0.342 e. The average Bonchev–Trinajstić information content (AvgIpc) is 3.45. The maximum atomic E-state index is 13.7. The number of carbonyl (C=O) groups excluding carboxylic acids is 1. The maximum absolute atomic E-state index is 13.7. The number of pyridine rings is 2. The van der Waals surface area contributed by atoms with Gasteiger partial charge in [-0.15, -0.1) is 0 Å². The SMILES string of the molecule is Cc1cc(=O)c(C(=O)N2C[C@@H]3CC[C@@H]2C3)c(CCc2ccccc2)n1Cc1ccccn1. The number of aromatic nitrogens is 2. The van der Waals surface area contributed by atoms with E-state index in [0.717, 1.165) is 42.9 Å². The topological polar surface area (TPSA) is 55.2 Å². The smallest absolute Gasteiger partial charge is 0.259 e. The zero-order valence-electron chi connectivity index (χ0n) is 18.5. The summed E-state index contributed by atoms with van der Waals surface area (Å²) in [6.45, 7) is 3.28. The Morgan fingerprint density at radius 3 is 2.56 bits per heavy atom. The first-order valence-electron chi connectivity index (χ1n) is 11.6. The number of nitrogens with zero attached hydrogens (tertiary/aromatic N) is 3. The van der Waals surface area contributed by atoms with Gasteiger partial charge in [0, 0.05) is 36.2 Å². The standard InChI is InChI=1S/C27H29N3O2/c1-19-15-25(31)26(27(32)30-17-21-10-12-23(30)16-21)24(13-11-20-7-3-2-4-8-20)29(19)18-22-9-5-6-14-28-22/h2-9,14-15,21,23H,10-13,16-18H2,1H3/t21-,23-/m1/s1. The molecule has 2 aliphatic rings. The molecule has 3 heterocycles. The summed E-state index contributed by atoms with van der Waals surface area (Å²) in [5.74, 6) is 0.512. The first-order valence-corrected chi connectivity index (χ1v) is 11.6. The van der Waals surface area contributed by atoms with Crippen molar-refractivity contribution >= 4 is 5.91 Å². The van der Waals surface area contributed by atoms with E-state index < -0.39 is 0 Å². The molecule has 0 unspecified atom stereocenters. The molecule has 1 aliphatic carbocycles. The second kappa shape index (κ2) is 8.73. The summed E-state index contributed by atoms with van der Waals surface area (Å²) in [4.78, 5) is 33.4. The zero-order valence-corrected chi connectivity index (χ0v) is 18.5. The monoisotopic (exact) mass is 427 g/mol. The third kappa shape index (κ3) is 3.99. The molecule has 1 aliphatic heterocycles. The van der Waals surface area contributed by atoms with Crippen LogP contribution in [0.1, 0.15) is 52.3 Å². The second-order valence-electron chi connectivity index (χ2n) is 9.15. The Hall–Kier alpha value is -3.21. The van der Waals surface area contributed by atoms with Gasteiger partial charge in [-0.25, -0.2) is 0 Å². The summed E-state index contributed by atoms with van der Waals surface area (Å²) in [6, 6.07) is 18.0. The van der Waals surface area contributed by atoms with E-state index >= 15 is 0 Å². The molecule has 2 bridgehead atoms. The lowest BCUT2D eigenvalue weighted by Gasteiger charge is -2.29. The minimum atomic E-state index is -0.157. The number of benzene rings is 1. The molecule has 1 saturated carbocycles. The Labute approximate surface area is 188 Å². The molecule has 164 valence electrons.